The predicted molar refractivity (Wildman–Crippen MR) is 295 cm³/mol. The van der Waals surface area contributed by atoms with Gasteiger partial charge in [-0.3, -0.25) is 23.7 Å². The summed E-state index contributed by atoms with van der Waals surface area (Å²) in [5.74, 6) is -0.803. The van der Waals surface area contributed by atoms with Gasteiger partial charge in [0.1, 0.15) is 11.2 Å². The van der Waals surface area contributed by atoms with E-state index in [2.05, 4.69) is 32.1 Å². The molecule has 422 valence electrons. The van der Waals surface area contributed by atoms with E-state index in [9.17, 15) is 44.2 Å². The van der Waals surface area contributed by atoms with Gasteiger partial charge < -0.3 is 29.1 Å². The standard InChI is InChI=1S/C53H63ClF3N6O11PS3/c1-4-72-75(66,73-38-71-52(65)74-39(2)3)37-62-28-26-60(27-29-62)25-24-44(36-76-46-11-6-5-7-12-46)58-49-23-22-47(34-50(49)77(67,68)53(55,56)57)78(69,70)59-51(64)41-16-20-45(21-17-41)63-32-30-61(31-33-63)35-42-10-8-9-13-48(42)40-14-18-43(54)19-15-40/h5-23,34,39,44,58H,4,24-33,35-38H2,1-3H3,(H,59,64)/t44-,75?/m1/s1. The molecule has 25 heteroatoms. The van der Waals surface area contributed by atoms with Crippen molar-refractivity contribution in [3.05, 3.63) is 137 Å². The lowest BCUT2D eigenvalue weighted by Gasteiger charge is -2.36. The smallest absolute Gasteiger partial charge is 0.432 e. The maximum atomic E-state index is 14.4. The van der Waals surface area contributed by atoms with Crippen LogP contribution in [0.25, 0.3) is 11.1 Å². The molecule has 2 saturated heterocycles. The number of alkyl halides is 3. The largest absolute Gasteiger partial charge is 0.510 e. The number of rotatable bonds is 24. The molecule has 17 nitrogen and oxygen atoms in total. The predicted octanol–water partition coefficient (Wildman–Crippen LogP) is 10.0. The average molecular weight is 1180 g/mol. The number of sulfone groups is 1. The number of hydrogen-bond donors (Lipinski definition) is 2. The zero-order chi connectivity index (χ0) is 56.1. The van der Waals surface area contributed by atoms with Gasteiger partial charge in [-0.1, -0.05) is 66.2 Å². The molecule has 1 unspecified atom stereocenters. The van der Waals surface area contributed by atoms with Crippen molar-refractivity contribution in [3.8, 4) is 11.1 Å². The van der Waals surface area contributed by atoms with E-state index >= 15 is 0 Å². The van der Waals surface area contributed by atoms with Gasteiger partial charge in [0.05, 0.1) is 23.3 Å². The van der Waals surface area contributed by atoms with Crippen molar-refractivity contribution in [2.75, 3.05) is 94.6 Å². The van der Waals surface area contributed by atoms with E-state index in [0.29, 0.717) is 63.3 Å². The molecule has 7 rings (SSSR count). The fraction of sp³-hybridized carbons (Fsp3) is 0.396. The minimum Gasteiger partial charge on any atom is -0.432 e. The van der Waals surface area contributed by atoms with Crippen molar-refractivity contribution in [3.63, 3.8) is 0 Å². The Morgan fingerprint density at radius 1 is 0.782 bits per heavy atom. The number of thioether (sulfide) groups is 1. The molecule has 1 amide bonds. The molecule has 0 bridgehead atoms. The molecule has 0 spiro atoms. The zero-order valence-corrected chi connectivity index (χ0v) is 47.4. The third-order valence-electron chi connectivity index (χ3n) is 12.8. The molecule has 0 radical (unpaired) electrons. The molecule has 2 aliphatic rings. The summed E-state index contributed by atoms with van der Waals surface area (Å²) in [5, 5.41) is 3.65. The van der Waals surface area contributed by atoms with Crippen molar-refractivity contribution in [1.29, 1.82) is 0 Å². The van der Waals surface area contributed by atoms with Gasteiger partial charge in [-0.25, -0.2) is 26.4 Å². The van der Waals surface area contributed by atoms with E-state index in [1.54, 1.807) is 32.9 Å². The summed E-state index contributed by atoms with van der Waals surface area (Å²) in [5.41, 5.74) is -2.17. The number of nitrogens with one attached hydrogen (secondary N) is 2. The number of carbonyl (C=O) groups excluding carboxylic acids is 2. The Kier molecular flexibility index (Phi) is 21.2. The van der Waals surface area contributed by atoms with Gasteiger partial charge in [0.2, 0.25) is 6.79 Å². The van der Waals surface area contributed by atoms with Crippen molar-refractivity contribution in [2.24, 2.45) is 0 Å². The van der Waals surface area contributed by atoms with Crippen molar-refractivity contribution >= 4 is 74.3 Å². The fourth-order valence-electron chi connectivity index (χ4n) is 8.74. The molecular weight excluding hydrogens is 1120 g/mol. The van der Waals surface area contributed by atoms with Crippen LogP contribution in [0, 0.1) is 0 Å². The molecule has 0 saturated carbocycles. The zero-order valence-electron chi connectivity index (χ0n) is 43.3. The summed E-state index contributed by atoms with van der Waals surface area (Å²) in [6.07, 6.45) is -1.19. The number of benzene rings is 5. The topological polar surface area (TPSA) is 193 Å². The molecule has 5 aromatic rings. The van der Waals surface area contributed by atoms with Crippen LogP contribution in [0.15, 0.2) is 136 Å². The lowest BCUT2D eigenvalue weighted by molar-refractivity contribution is -0.0436. The number of hydrogen-bond acceptors (Lipinski definition) is 17. The van der Waals surface area contributed by atoms with E-state index < -0.39 is 79.4 Å². The highest BCUT2D eigenvalue weighted by molar-refractivity contribution is 7.99. The second-order valence-corrected chi connectivity index (χ2v) is 25.9. The monoisotopic (exact) mass is 1180 g/mol. The van der Waals surface area contributed by atoms with Crippen LogP contribution in [-0.2, 0) is 49.5 Å². The van der Waals surface area contributed by atoms with Gasteiger partial charge in [0, 0.05) is 98.4 Å². The van der Waals surface area contributed by atoms with Crippen LogP contribution in [0.3, 0.4) is 0 Å². The summed E-state index contributed by atoms with van der Waals surface area (Å²) in [6, 6.07) is 33.0. The maximum absolute atomic E-state index is 14.4. The van der Waals surface area contributed by atoms with Crippen LogP contribution in [0.4, 0.5) is 29.3 Å². The van der Waals surface area contributed by atoms with Gasteiger partial charge in [0.25, 0.3) is 25.8 Å². The summed E-state index contributed by atoms with van der Waals surface area (Å²) in [4.78, 5) is 32.3. The first-order chi connectivity index (χ1) is 37.1. The molecule has 2 N–H and O–H groups in total. The fourth-order valence-corrected chi connectivity index (χ4v) is 13.5. The number of amides is 1. The van der Waals surface area contributed by atoms with Gasteiger partial charge in [-0.05, 0) is 111 Å². The minimum atomic E-state index is -6.16. The highest BCUT2D eigenvalue weighted by Crippen LogP contribution is 2.49. The van der Waals surface area contributed by atoms with Crippen molar-refractivity contribution in [1.82, 2.24) is 19.4 Å². The van der Waals surface area contributed by atoms with E-state index in [1.807, 2.05) is 76.4 Å². The molecule has 78 heavy (non-hydrogen) atoms. The third kappa shape index (κ3) is 16.9. The number of halogens is 4. The first-order valence-electron chi connectivity index (χ1n) is 25.2. The van der Waals surface area contributed by atoms with Crippen LogP contribution >= 0.6 is 31.0 Å². The Morgan fingerprint density at radius 3 is 2.08 bits per heavy atom. The van der Waals surface area contributed by atoms with E-state index in [-0.39, 0.29) is 24.2 Å². The van der Waals surface area contributed by atoms with Crippen LogP contribution in [0.2, 0.25) is 5.02 Å². The number of piperazine rings is 2. The van der Waals surface area contributed by atoms with Crippen molar-refractivity contribution < 1.29 is 62.7 Å². The number of ether oxygens (including phenoxy) is 2. The highest BCUT2D eigenvalue weighted by Gasteiger charge is 2.48. The van der Waals surface area contributed by atoms with Crippen LogP contribution in [-0.4, -0.2) is 146 Å². The number of sulfonamides is 1. The van der Waals surface area contributed by atoms with E-state index in [0.717, 1.165) is 53.5 Å². The summed E-state index contributed by atoms with van der Waals surface area (Å²) >= 11 is 7.51. The number of carbonyl (C=O) groups is 2. The molecule has 2 atom stereocenters. The molecule has 0 aromatic heterocycles. The normalized spacial score (nSPS) is 16.3. The lowest BCUT2D eigenvalue weighted by atomic mass is 9.99. The average Bonchev–Trinajstić information content (AvgIpc) is 3.45. The first-order valence-corrected chi connectivity index (χ1v) is 31.2. The van der Waals surface area contributed by atoms with Gasteiger partial charge in [-0.2, -0.15) is 13.2 Å². The van der Waals surface area contributed by atoms with E-state index in [1.165, 1.54) is 29.5 Å². The van der Waals surface area contributed by atoms with Crippen LogP contribution in [0.1, 0.15) is 43.1 Å². The van der Waals surface area contributed by atoms with Crippen molar-refractivity contribution in [2.45, 2.75) is 66.1 Å². The third-order valence-corrected chi connectivity index (χ3v) is 19.0. The van der Waals surface area contributed by atoms with Gasteiger partial charge >= 0.3 is 19.3 Å². The van der Waals surface area contributed by atoms with Gasteiger partial charge in [-0.15, -0.1) is 11.8 Å². The number of anilines is 2. The van der Waals surface area contributed by atoms with Gasteiger partial charge in [0.15, 0.2) is 0 Å². The molecular formula is C53H63ClF3N6O11PS3. The summed E-state index contributed by atoms with van der Waals surface area (Å²) in [7, 11) is -14.8. The molecule has 0 aliphatic carbocycles. The maximum Gasteiger partial charge on any atom is 0.510 e. The molecule has 2 aliphatic heterocycles. The first kappa shape index (κ1) is 60.4. The molecule has 2 heterocycles. The highest BCUT2D eigenvalue weighted by atomic mass is 35.5. The Labute approximate surface area is 463 Å². The number of nitrogens with zero attached hydrogens (tertiary/aromatic N) is 4. The second kappa shape index (κ2) is 27.3. The quantitative estimate of drug-likeness (QED) is 0.0256. The summed E-state index contributed by atoms with van der Waals surface area (Å²) < 4.78 is 133. The van der Waals surface area contributed by atoms with Crippen LogP contribution in [0.5, 0.6) is 0 Å². The summed E-state index contributed by atoms with van der Waals surface area (Å²) in [6.45, 7) is 10.2. The Morgan fingerprint density at radius 2 is 1.42 bits per heavy atom. The Bertz CT molecular complexity index is 3080. The SMILES string of the molecule is CCOP(=O)(CN1CCN(CC[C@H](CSc2ccccc2)Nc2ccc(S(=O)(=O)NC(=O)c3ccc(N4CCN(Cc5ccccc5-c5ccc(Cl)cc5)CC4)cc3)cc2S(=O)(=O)C(F)(F)F)CC1)OCOC(=O)OC(C)C. The second-order valence-electron chi connectivity index (χ2n) is 18.7. The van der Waals surface area contributed by atoms with E-state index in [4.69, 9.17) is 30.1 Å². The minimum absolute atomic E-state index is 0.0476. The van der Waals surface area contributed by atoms with Crippen LogP contribution < -0.4 is 14.9 Å². The molecule has 5 aromatic carbocycles. The Balaban J connectivity index is 0.986. The lowest BCUT2D eigenvalue weighted by Crippen LogP contribution is -2.47. The molecule has 2 fully saturated rings. The Hall–Kier alpha value is -5.20.